The lowest BCUT2D eigenvalue weighted by atomic mass is 10.0. The third-order valence-corrected chi connectivity index (χ3v) is 5.35. The first-order valence-electron chi connectivity index (χ1n) is 10.4. The number of pyridine rings is 1. The van der Waals surface area contributed by atoms with Crippen LogP contribution in [0.25, 0.3) is 44.9 Å². The maximum absolute atomic E-state index is 9.26. The number of aryl methyl sites for hydroxylation is 2. The molecule has 3 heterocycles. The van der Waals surface area contributed by atoms with E-state index in [2.05, 4.69) is 41.2 Å². The van der Waals surface area contributed by atoms with E-state index >= 15 is 0 Å². The monoisotopic (exact) mass is 409 g/mol. The highest BCUT2D eigenvalue weighted by Crippen LogP contribution is 2.35. The van der Waals surface area contributed by atoms with Crippen LogP contribution < -0.4 is 0 Å². The second-order valence-electron chi connectivity index (χ2n) is 7.60. The number of benzene rings is 2. The Balaban J connectivity index is 1.67. The van der Waals surface area contributed by atoms with Gasteiger partial charge in [-0.1, -0.05) is 60.2 Å². The molecule has 31 heavy (non-hydrogen) atoms. The fourth-order valence-electron chi connectivity index (χ4n) is 3.75. The van der Waals surface area contributed by atoms with Gasteiger partial charge >= 0.3 is 0 Å². The van der Waals surface area contributed by atoms with Crippen LogP contribution in [0.5, 0.6) is 0 Å². The maximum Gasteiger partial charge on any atom is 0.158 e. The fraction of sp³-hybridized carbons (Fsp3) is 0.160. The Morgan fingerprint density at radius 1 is 0.935 bits per heavy atom. The second-order valence-corrected chi connectivity index (χ2v) is 7.60. The summed E-state index contributed by atoms with van der Waals surface area (Å²) in [6, 6.07) is 20.4. The van der Waals surface area contributed by atoms with Gasteiger partial charge in [0.25, 0.3) is 0 Å². The highest BCUT2D eigenvalue weighted by Gasteiger charge is 2.18. The molecule has 0 amide bonds. The molecule has 2 N–H and O–H groups in total. The van der Waals surface area contributed by atoms with Crippen molar-refractivity contribution in [3.8, 4) is 33.8 Å². The zero-order valence-corrected chi connectivity index (χ0v) is 17.3. The van der Waals surface area contributed by atoms with E-state index in [4.69, 9.17) is 10.1 Å². The van der Waals surface area contributed by atoms with Crippen molar-refractivity contribution in [1.82, 2.24) is 24.7 Å². The van der Waals surface area contributed by atoms with Crippen LogP contribution in [0.2, 0.25) is 0 Å². The van der Waals surface area contributed by atoms with E-state index in [9.17, 15) is 5.11 Å². The van der Waals surface area contributed by atoms with Gasteiger partial charge in [-0.3, -0.25) is 4.68 Å². The van der Waals surface area contributed by atoms with Crippen LogP contribution in [0.3, 0.4) is 0 Å². The molecule has 0 spiro atoms. The third-order valence-electron chi connectivity index (χ3n) is 5.35. The second kappa shape index (κ2) is 8.16. The molecule has 0 saturated carbocycles. The van der Waals surface area contributed by atoms with E-state index in [1.165, 1.54) is 5.56 Å². The number of aliphatic hydroxyl groups excluding tert-OH is 1. The average molecular weight is 409 g/mol. The van der Waals surface area contributed by atoms with Gasteiger partial charge in [0.1, 0.15) is 17.0 Å². The quantitative estimate of drug-likeness (QED) is 0.420. The van der Waals surface area contributed by atoms with Crippen LogP contribution >= 0.6 is 0 Å². The molecule has 0 fully saturated rings. The molecular formula is C25H23N5O. The molecule has 0 radical (unpaired) electrons. The number of hydrogen-bond donors (Lipinski definition) is 2. The normalized spacial score (nSPS) is 11.3. The Morgan fingerprint density at radius 2 is 1.74 bits per heavy atom. The van der Waals surface area contributed by atoms with E-state index < -0.39 is 0 Å². The van der Waals surface area contributed by atoms with Gasteiger partial charge in [0.2, 0.25) is 0 Å². The number of nitrogens with one attached hydrogen (secondary N) is 1. The highest BCUT2D eigenvalue weighted by atomic mass is 16.3. The molecule has 3 aromatic heterocycles. The lowest BCUT2D eigenvalue weighted by molar-refractivity contribution is 0.277. The van der Waals surface area contributed by atoms with Crippen LogP contribution in [-0.4, -0.2) is 36.4 Å². The number of hydrogen-bond acceptors (Lipinski definition) is 4. The summed E-state index contributed by atoms with van der Waals surface area (Å²) in [4.78, 5) is 12.7. The molecule has 0 bridgehead atoms. The number of aromatic amines is 1. The van der Waals surface area contributed by atoms with Crippen molar-refractivity contribution >= 4 is 11.2 Å². The lowest BCUT2D eigenvalue weighted by Crippen LogP contribution is -2.00. The molecule has 5 rings (SSSR count). The topological polar surface area (TPSA) is 79.6 Å². The van der Waals surface area contributed by atoms with Crippen molar-refractivity contribution in [2.45, 2.75) is 19.9 Å². The summed E-state index contributed by atoms with van der Waals surface area (Å²) in [5.74, 6) is 0.792. The fourth-order valence-corrected chi connectivity index (χ4v) is 3.75. The SMILES string of the molecule is Cc1ccc(-c2nn(CCCO)cc2-c2ccnc3[nH]c(-c4ccccc4)nc23)cc1. The Morgan fingerprint density at radius 3 is 2.52 bits per heavy atom. The largest absolute Gasteiger partial charge is 0.396 e. The van der Waals surface area contributed by atoms with Gasteiger partial charge in [-0.25, -0.2) is 9.97 Å². The van der Waals surface area contributed by atoms with Crippen LogP contribution in [0, 0.1) is 6.92 Å². The van der Waals surface area contributed by atoms with Gasteiger partial charge in [-0.05, 0) is 19.4 Å². The molecule has 0 saturated heterocycles. The molecule has 0 atom stereocenters. The highest BCUT2D eigenvalue weighted by molar-refractivity contribution is 5.95. The van der Waals surface area contributed by atoms with E-state index in [0.29, 0.717) is 13.0 Å². The molecule has 0 aliphatic heterocycles. The van der Waals surface area contributed by atoms with Crippen molar-refractivity contribution in [2.24, 2.45) is 0 Å². The Labute approximate surface area is 180 Å². The Bertz CT molecular complexity index is 1320. The predicted molar refractivity (Wildman–Crippen MR) is 122 cm³/mol. The van der Waals surface area contributed by atoms with Crippen molar-refractivity contribution in [3.05, 3.63) is 78.6 Å². The minimum absolute atomic E-state index is 0.133. The van der Waals surface area contributed by atoms with Gasteiger partial charge in [-0.15, -0.1) is 0 Å². The average Bonchev–Trinajstić information content (AvgIpc) is 3.43. The number of nitrogens with zero attached hydrogens (tertiary/aromatic N) is 4. The summed E-state index contributed by atoms with van der Waals surface area (Å²) in [5.41, 5.74) is 7.71. The molecule has 6 heteroatoms. The van der Waals surface area contributed by atoms with Gasteiger partial charge < -0.3 is 10.1 Å². The van der Waals surface area contributed by atoms with Crippen LogP contribution in [0.15, 0.2) is 73.1 Å². The van der Waals surface area contributed by atoms with Crippen molar-refractivity contribution in [1.29, 1.82) is 0 Å². The molecule has 2 aromatic carbocycles. The van der Waals surface area contributed by atoms with Crippen molar-refractivity contribution < 1.29 is 5.11 Å². The summed E-state index contributed by atoms with van der Waals surface area (Å²) in [5, 5.41) is 14.1. The van der Waals surface area contributed by atoms with Crippen LogP contribution in [0.4, 0.5) is 0 Å². The third kappa shape index (κ3) is 3.73. The number of fused-ring (bicyclic) bond motifs is 1. The summed E-state index contributed by atoms with van der Waals surface area (Å²) in [6.45, 7) is 2.86. The number of rotatable bonds is 6. The molecule has 0 unspecified atom stereocenters. The maximum atomic E-state index is 9.26. The first-order chi connectivity index (χ1) is 15.2. The molecule has 5 aromatic rings. The molecule has 0 aliphatic rings. The van der Waals surface area contributed by atoms with Gasteiger partial charge in [0.15, 0.2) is 5.65 Å². The van der Waals surface area contributed by atoms with E-state index in [-0.39, 0.29) is 6.61 Å². The van der Waals surface area contributed by atoms with Gasteiger partial charge in [0, 0.05) is 47.8 Å². The van der Waals surface area contributed by atoms with Crippen LogP contribution in [-0.2, 0) is 6.54 Å². The van der Waals surface area contributed by atoms with Gasteiger partial charge in [0.05, 0.1) is 0 Å². The molecule has 0 aliphatic carbocycles. The van der Waals surface area contributed by atoms with Crippen LogP contribution in [0.1, 0.15) is 12.0 Å². The smallest absolute Gasteiger partial charge is 0.158 e. The molecule has 154 valence electrons. The van der Waals surface area contributed by atoms with E-state index in [1.54, 1.807) is 6.20 Å². The summed E-state index contributed by atoms with van der Waals surface area (Å²) in [6.07, 6.45) is 4.49. The predicted octanol–water partition coefficient (Wildman–Crippen LogP) is 4.85. The number of aromatic nitrogens is 5. The summed E-state index contributed by atoms with van der Waals surface area (Å²) < 4.78 is 1.90. The molecular weight excluding hydrogens is 386 g/mol. The van der Waals surface area contributed by atoms with Crippen molar-refractivity contribution in [3.63, 3.8) is 0 Å². The number of aliphatic hydroxyl groups is 1. The molecule has 6 nitrogen and oxygen atoms in total. The van der Waals surface area contributed by atoms with E-state index in [1.807, 2.05) is 47.3 Å². The summed E-state index contributed by atoms with van der Waals surface area (Å²) in [7, 11) is 0. The minimum atomic E-state index is 0.133. The Hall–Kier alpha value is -3.77. The number of H-pyrrole nitrogens is 1. The summed E-state index contributed by atoms with van der Waals surface area (Å²) >= 11 is 0. The van der Waals surface area contributed by atoms with Crippen molar-refractivity contribution in [2.75, 3.05) is 6.61 Å². The first-order valence-corrected chi connectivity index (χ1v) is 10.4. The minimum Gasteiger partial charge on any atom is -0.396 e. The lowest BCUT2D eigenvalue weighted by Gasteiger charge is -2.04. The van der Waals surface area contributed by atoms with E-state index in [0.717, 1.165) is 44.9 Å². The first kappa shape index (κ1) is 19.2. The van der Waals surface area contributed by atoms with Gasteiger partial charge in [-0.2, -0.15) is 5.10 Å². The standard InChI is InChI=1S/C25H23N5O/c1-17-8-10-18(11-9-17)22-21(16-30(29-22)14-5-15-31)20-12-13-26-25-23(20)27-24(28-25)19-6-3-2-4-7-19/h2-4,6-13,16,31H,5,14-15H2,1H3,(H,26,27,28). The zero-order valence-electron chi connectivity index (χ0n) is 17.3. The number of imidazole rings is 1. The zero-order chi connectivity index (χ0) is 21.2. The Kier molecular flexibility index (Phi) is 5.06.